The highest BCUT2D eigenvalue weighted by molar-refractivity contribution is 5.96. The number of hydrogen-bond acceptors (Lipinski definition) is 4. The quantitative estimate of drug-likeness (QED) is 0.462. The minimum Gasteiger partial charge on any atom is -0.468 e. The van der Waals surface area contributed by atoms with Gasteiger partial charge in [-0.15, -0.1) is 5.73 Å². The molecule has 4 nitrogen and oxygen atoms in total. The number of rotatable bonds is 5. The van der Waals surface area contributed by atoms with Crippen molar-refractivity contribution in [2.45, 2.75) is 6.42 Å². The fraction of sp³-hybridized carbons (Fsp3) is 0.267. The Kier molecular flexibility index (Phi) is 5.58. The highest BCUT2D eigenvalue weighted by Crippen LogP contribution is 2.23. The number of hydrogen-bond donors (Lipinski definition) is 0. The van der Waals surface area contributed by atoms with Gasteiger partial charge in [0.25, 0.3) is 0 Å². The van der Waals surface area contributed by atoms with E-state index in [1.54, 1.807) is 0 Å². The van der Waals surface area contributed by atoms with E-state index in [-0.39, 0.29) is 6.42 Å². The second-order valence-electron chi connectivity index (χ2n) is 3.82. The maximum absolute atomic E-state index is 11.6. The Hall–Kier alpha value is -2.32. The standard InChI is InChI=1S/C15H16O4/c1-4-11(12-8-6-5-7-9-12)10-13(14(16)18-2)15(17)19-3/h5-9,13H,1,10H2,2-3H3. The van der Waals surface area contributed by atoms with Crippen molar-refractivity contribution in [3.8, 4) is 0 Å². The fourth-order valence-electron chi connectivity index (χ4n) is 1.68. The largest absolute Gasteiger partial charge is 0.468 e. The van der Waals surface area contributed by atoms with Crippen LogP contribution < -0.4 is 0 Å². The predicted octanol–water partition coefficient (Wildman–Crippen LogP) is 2.21. The first-order valence-electron chi connectivity index (χ1n) is 5.74. The molecule has 0 spiro atoms. The first-order valence-corrected chi connectivity index (χ1v) is 5.74. The number of ether oxygens (including phenoxy) is 2. The summed E-state index contributed by atoms with van der Waals surface area (Å²) in [7, 11) is 2.47. The van der Waals surface area contributed by atoms with Crippen LogP contribution in [-0.4, -0.2) is 26.2 Å². The van der Waals surface area contributed by atoms with Crippen molar-refractivity contribution < 1.29 is 19.1 Å². The lowest BCUT2D eigenvalue weighted by molar-refractivity contribution is -0.158. The monoisotopic (exact) mass is 260 g/mol. The van der Waals surface area contributed by atoms with Gasteiger partial charge in [0, 0.05) is 12.0 Å². The van der Waals surface area contributed by atoms with Crippen LogP contribution in [0.3, 0.4) is 0 Å². The van der Waals surface area contributed by atoms with Gasteiger partial charge in [-0.1, -0.05) is 36.9 Å². The molecule has 0 aliphatic heterocycles. The number of carbonyl (C=O) groups is 2. The molecule has 0 bridgehead atoms. The van der Waals surface area contributed by atoms with Crippen LogP contribution in [0.1, 0.15) is 12.0 Å². The molecule has 0 aliphatic carbocycles. The van der Waals surface area contributed by atoms with Gasteiger partial charge in [-0.3, -0.25) is 9.59 Å². The summed E-state index contributed by atoms with van der Waals surface area (Å²) in [4.78, 5) is 23.2. The molecular formula is C15H16O4. The van der Waals surface area contributed by atoms with E-state index in [4.69, 9.17) is 0 Å². The molecule has 0 atom stereocenters. The Morgan fingerprint density at radius 1 is 1.16 bits per heavy atom. The molecule has 0 radical (unpaired) electrons. The Morgan fingerprint density at radius 3 is 2.11 bits per heavy atom. The van der Waals surface area contributed by atoms with Crippen LogP contribution >= 0.6 is 0 Å². The van der Waals surface area contributed by atoms with Crippen LogP contribution in [0.25, 0.3) is 5.57 Å². The number of benzene rings is 1. The number of carbonyl (C=O) groups excluding carboxylic acids is 2. The van der Waals surface area contributed by atoms with E-state index in [0.717, 1.165) is 5.56 Å². The second-order valence-corrected chi connectivity index (χ2v) is 3.82. The van der Waals surface area contributed by atoms with Gasteiger partial charge >= 0.3 is 11.9 Å². The lowest BCUT2D eigenvalue weighted by Gasteiger charge is -2.13. The van der Waals surface area contributed by atoms with Gasteiger partial charge in [0.15, 0.2) is 5.92 Å². The van der Waals surface area contributed by atoms with Gasteiger partial charge < -0.3 is 9.47 Å². The average molecular weight is 260 g/mol. The molecule has 0 aromatic heterocycles. The van der Waals surface area contributed by atoms with Crippen LogP contribution in [0, 0.1) is 5.92 Å². The molecule has 0 N–H and O–H groups in total. The van der Waals surface area contributed by atoms with Crippen molar-refractivity contribution in [1.29, 1.82) is 0 Å². The third-order valence-electron chi connectivity index (χ3n) is 2.72. The van der Waals surface area contributed by atoms with Crippen LogP contribution in [-0.2, 0) is 19.1 Å². The van der Waals surface area contributed by atoms with Gasteiger partial charge in [0.1, 0.15) is 0 Å². The van der Waals surface area contributed by atoms with E-state index in [1.807, 2.05) is 30.3 Å². The molecule has 4 heteroatoms. The third-order valence-corrected chi connectivity index (χ3v) is 2.72. The summed E-state index contributed by atoms with van der Waals surface area (Å²) in [6.07, 6.45) is 0.146. The third kappa shape index (κ3) is 3.83. The van der Waals surface area contributed by atoms with E-state index in [1.165, 1.54) is 14.2 Å². The maximum Gasteiger partial charge on any atom is 0.320 e. The molecule has 0 saturated carbocycles. The summed E-state index contributed by atoms with van der Waals surface area (Å²) in [6.45, 7) is 3.59. The highest BCUT2D eigenvalue weighted by Gasteiger charge is 2.29. The van der Waals surface area contributed by atoms with E-state index in [0.29, 0.717) is 5.57 Å². The molecule has 1 rings (SSSR count). The Labute approximate surface area is 112 Å². The van der Waals surface area contributed by atoms with Crippen molar-refractivity contribution >= 4 is 17.5 Å². The Morgan fingerprint density at radius 2 is 1.68 bits per heavy atom. The average Bonchev–Trinajstić information content (AvgIpc) is 2.48. The molecule has 1 aromatic rings. The summed E-state index contributed by atoms with van der Waals surface area (Å²) < 4.78 is 9.23. The smallest absolute Gasteiger partial charge is 0.320 e. The molecule has 0 heterocycles. The van der Waals surface area contributed by atoms with Crippen LogP contribution in [0.4, 0.5) is 0 Å². The van der Waals surface area contributed by atoms with Crippen molar-refractivity contribution in [3.63, 3.8) is 0 Å². The molecule has 1 aromatic carbocycles. The minimum absolute atomic E-state index is 0.146. The van der Waals surface area contributed by atoms with Crippen LogP contribution in [0.5, 0.6) is 0 Å². The minimum atomic E-state index is -1.00. The highest BCUT2D eigenvalue weighted by atomic mass is 16.5. The molecule has 19 heavy (non-hydrogen) atoms. The lowest BCUT2D eigenvalue weighted by Crippen LogP contribution is -2.26. The zero-order chi connectivity index (χ0) is 14.3. The van der Waals surface area contributed by atoms with Crippen molar-refractivity contribution in [3.05, 3.63) is 48.2 Å². The first kappa shape index (κ1) is 14.7. The van der Waals surface area contributed by atoms with Gasteiger partial charge in [-0.05, 0) is 5.56 Å². The van der Waals surface area contributed by atoms with E-state index < -0.39 is 17.9 Å². The summed E-state index contributed by atoms with van der Waals surface area (Å²) in [6, 6.07) is 9.32. The van der Waals surface area contributed by atoms with Crippen molar-refractivity contribution in [2.75, 3.05) is 14.2 Å². The van der Waals surface area contributed by atoms with E-state index >= 15 is 0 Å². The number of methoxy groups -OCH3 is 2. The summed E-state index contributed by atoms with van der Waals surface area (Å²) in [5.41, 5.74) is 4.28. The Balaban J connectivity index is 2.98. The molecule has 0 aliphatic rings. The molecule has 100 valence electrons. The zero-order valence-corrected chi connectivity index (χ0v) is 11.0. The van der Waals surface area contributed by atoms with E-state index in [2.05, 4.69) is 21.8 Å². The maximum atomic E-state index is 11.6. The molecule has 0 saturated heterocycles. The lowest BCUT2D eigenvalue weighted by atomic mass is 9.95. The second kappa shape index (κ2) is 7.19. The summed E-state index contributed by atoms with van der Waals surface area (Å²) in [5, 5.41) is 0. The molecule has 0 fully saturated rings. The van der Waals surface area contributed by atoms with Gasteiger partial charge in [-0.2, -0.15) is 0 Å². The number of allylic oxidation sites excluding steroid dienone is 1. The molecular weight excluding hydrogens is 244 g/mol. The predicted molar refractivity (Wildman–Crippen MR) is 71.1 cm³/mol. The van der Waals surface area contributed by atoms with Gasteiger partial charge in [-0.25, -0.2) is 0 Å². The van der Waals surface area contributed by atoms with Crippen molar-refractivity contribution in [2.24, 2.45) is 5.92 Å². The van der Waals surface area contributed by atoms with E-state index in [9.17, 15) is 9.59 Å². The van der Waals surface area contributed by atoms with Crippen LogP contribution in [0.15, 0.2) is 42.6 Å². The first-order chi connectivity index (χ1) is 9.13. The summed E-state index contributed by atoms with van der Waals surface area (Å²) in [5.74, 6) is -2.26. The molecule has 0 unspecified atom stereocenters. The topological polar surface area (TPSA) is 52.6 Å². The normalized spacial score (nSPS) is 9.63. The zero-order valence-electron chi connectivity index (χ0n) is 11.0. The fourth-order valence-corrected chi connectivity index (χ4v) is 1.68. The summed E-state index contributed by atoms with van der Waals surface area (Å²) >= 11 is 0. The Bertz CT molecular complexity index is 482. The van der Waals surface area contributed by atoms with Gasteiger partial charge in [0.05, 0.1) is 14.2 Å². The SMILES string of the molecule is C=C=C(CC(C(=O)OC)C(=O)OC)c1ccccc1. The van der Waals surface area contributed by atoms with Crippen molar-refractivity contribution in [1.82, 2.24) is 0 Å². The van der Waals surface area contributed by atoms with Gasteiger partial charge in [0.2, 0.25) is 0 Å². The molecule has 0 amide bonds. The van der Waals surface area contributed by atoms with Crippen LogP contribution in [0.2, 0.25) is 0 Å². The number of esters is 2.